The van der Waals surface area contributed by atoms with Crippen LogP contribution >= 0.6 is 0 Å². The monoisotopic (exact) mass is 396 g/mol. The van der Waals surface area contributed by atoms with E-state index in [2.05, 4.69) is 5.10 Å². The molecule has 10 heteroatoms. The number of rotatable bonds is 5. The summed E-state index contributed by atoms with van der Waals surface area (Å²) in [6, 6.07) is 5.29. The highest BCUT2D eigenvalue weighted by molar-refractivity contribution is 5.72. The summed E-state index contributed by atoms with van der Waals surface area (Å²) in [5.74, 6) is 0.456. The Hall–Kier alpha value is -3.04. The van der Waals surface area contributed by atoms with Gasteiger partial charge in [0.1, 0.15) is 17.9 Å². The molecule has 2 heterocycles. The predicted octanol–water partition coefficient (Wildman–Crippen LogP) is 2.17. The summed E-state index contributed by atoms with van der Waals surface area (Å²) >= 11 is 0. The number of aromatic amines is 1. The van der Waals surface area contributed by atoms with Crippen molar-refractivity contribution >= 4 is 11.6 Å². The summed E-state index contributed by atoms with van der Waals surface area (Å²) < 4.78 is 45.8. The molecule has 150 valence electrons. The average molecular weight is 396 g/mol. The maximum absolute atomic E-state index is 13.3. The summed E-state index contributed by atoms with van der Waals surface area (Å²) in [6.45, 7) is 2.45. The van der Waals surface area contributed by atoms with E-state index >= 15 is 0 Å². The lowest BCUT2D eigenvalue weighted by atomic mass is 10.1. The normalized spacial score (nSPS) is 13.4. The lowest BCUT2D eigenvalue weighted by molar-refractivity contribution is -0.138. The number of carbonyl (C=O) groups is 1. The van der Waals surface area contributed by atoms with Gasteiger partial charge in [0.15, 0.2) is 0 Å². The van der Waals surface area contributed by atoms with Crippen LogP contribution in [0.4, 0.5) is 18.9 Å². The van der Waals surface area contributed by atoms with E-state index in [0.29, 0.717) is 12.3 Å². The maximum atomic E-state index is 13.3. The van der Waals surface area contributed by atoms with Crippen molar-refractivity contribution in [1.82, 2.24) is 15.1 Å². The molecule has 28 heavy (non-hydrogen) atoms. The Morgan fingerprint density at radius 3 is 2.79 bits per heavy atom. The van der Waals surface area contributed by atoms with E-state index in [1.165, 1.54) is 16.7 Å². The molecule has 3 rings (SSSR count). The molecular weight excluding hydrogens is 377 g/mol. The number of likely N-dealkylation sites (N-methyl/N-ethyl adjacent to an activating group) is 1. The van der Waals surface area contributed by atoms with Gasteiger partial charge in [-0.2, -0.15) is 18.3 Å². The summed E-state index contributed by atoms with van der Waals surface area (Å²) in [6.07, 6.45) is -3.78. The Balaban J connectivity index is 1.82. The number of halogens is 3. The van der Waals surface area contributed by atoms with Gasteiger partial charge >= 0.3 is 6.18 Å². The third-order valence-corrected chi connectivity index (χ3v) is 4.62. The van der Waals surface area contributed by atoms with E-state index in [4.69, 9.17) is 4.74 Å². The summed E-state index contributed by atoms with van der Waals surface area (Å²) in [5.41, 5.74) is -1.24. The lowest BCUT2D eigenvalue weighted by Gasteiger charge is -2.21. The van der Waals surface area contributed by atoms with Gasteiger partial charge in [-0.1, -0.05) is 12.1 Å². The van der Waals surface area contributed by atoms with Crippen molar-refractivity contribution in [2.45, 2.75) is 26.2 Å². The zero-order chi connectivity index (χ0) is 20.5. The first-order chi connectivity index (χ1) is 13.2. The molecule has 0 unspecified atom stereocenters. The Labute approximate surface area is 158 Å². The van der Waals surface area contributed by atoms with Crippen molar-refractivity contribution < 1.29 is 22.7 Å². The number of carbonyl (C=O) groups excluding carboxylic acids is 1. The highest BCUT2D eigenvalue weighted by Gasteiger charge is 2.39. The molecule has 0 saturated heterocycles. The molecule has 0 aliphatic carbocycles. The zero-order valence-electron chi connectivity index (χ0n) is 15.3. The standard InChI is InChI=1S/C18H19F3N4O3/c1-11(26)24(2)6-7-28-15-5-3-4-12-9-25(10-13(12)15)14-8-22-23-17(27)16(14)18(19,20)21/h3-5,8H,6-7,9-10H2,1-2H3,(H,23,27). The van der Waals surface area contributed by atoms with Gasteiger partial charge in [0.2, 0.25) is 5.91 Å². The number of hydrogen-bond donors (Lipinski definition) is 1. The fourth-order valence-electron chi connectivity index (χ4n) is 3.05. The number of alkyl halides is 3. The van der Waals surface area contributed by atoms with Crippen LogP contribution in [0.25, 0.3) is 0 Å². The number of H-pyrrole nitrogens is 1. The second kappa shape index (κ2) is 7.53. The number of nitrogens with zero attached hydrogens (tertiary/aromatic N) is 3. The maximum Gasteiger partial charge on any atom is 0.423 e. The van der Waals surface area contributed by atoms with Crippen molar-refractivity contribution in [3.05, 3.63) is 51.4 Å². The minimum atomic E-state index is -4.79. The van der Waals surface area contributed by atoms with Crippen molar-refractivity contribution in [2.24, 2.45) is 0 Å². The van der Waals surface area contributed by atoms with E-state index in [-0.39, 0.29) is 31.3 Å². The van der Waals surface area contributed by atoms with Crippen LogP contribution in [0, 0.1) is 0 Å². The molecular formula is C18H19F3N4O3. The van der Waals surface area contributed by atoms with E-state index < -0.39 is 17.3 Å². The predicted molar refractivity (Wildman–Crippen MR) is 95.0 cm³/mol. The van der Waals surface area contributed by atoms with Crippen LogP contribution in [0.5, 0.6) is 5.75 Å². The minimum Gasteiger partial charge on any atom is -0.491 e. The molecule has 2 aromatic rings. The van der Waals surface area contributed by atoms with Crippen LogP contribution in [-0.4, -0.2) is 41.2 Å². The number of benzene rings is 1. The topological polar surface area (TPSA) is 78.5 Å². The van der Waals surface area contributed by atoms with Crippen LogP contribution in [0.2, 0.25) is 0 Å². The van der Waals surface area contributed by atoms with Crippen LogP contribution in [0.15, 0.2) is 29.2 Å². The van der Waals surface area contributed by atoms with Crippen molar-refractivity contribution in [3.8, 4) is 5.75 Å². The summed E-state index contributed by atoms with van der Waals surface area (Å²) in [4.78, 5) is 25.9. The molecule has 1 aromatic carbocycles. The Bertz CT molecular complexity index is 942. The zero-order valence-corrected chi connectivity index (χ0v) is 15.3. The first-order valence-electron chi connectivity index (χ1n) is 8.53. The number of fused-ring (bicyclic) bond motifs is 1. The molecule has 7 nitrogen and oxygen atoms in total. The van der Waals surface area contributed by atoms with E-state index in [0.717, 1.165) is 17.3 Å². The Kier molecular flexibility index (Phi) is 5.30. The molecule has 0 saturated carbocycles. The number of nitrogens with one attached hydrogen (secondary N) is 1. The number of amides is 1. The minimum absolute atomic E-state index is 0.0884. The molecule has 0 bridgehead atoms. The average Bonchev–Trinajstić information content (AvgIpc) is 3.05. The van der Waals surface area contributed by atoms with Crippen LogP contribution in [0.3, 0.4) is 0 Å². The summed E-state index contributed by atoms with van der Waals surface area (Å²) in [7, 11) is 1.65. The molecule has 0 fully saturated rings. The number of ether oxygens (including phenoxy) is 1. The number of hydrogen-bond acceptors (Lipinski definition) is 5. The highest BCUT2D eigenvalue weighted by atomic mass is 19.4. The third-order valence-electron chi connectivity index (χ3n) is 4.62. The largest absolute Gasteiger partial charge is 0.491 e. The van der Waals surface area contributed by atoms with Crippen molar-refractivity contribution in [1.29, 1.82) is 0 Å². The molecule has 1 aliphatic rings. The van der Waals surface area contributed by atoms with Crippen molar-refractivity contribution in [3.63, 3.8) is 0 Å². The van der Waals surface area contributed by atoms with E-state index in [1.54, 1.807) is 25.2 Å². The second-order valence-electron chi connectivity index (χ2n) is 6.50. The first kappa shape index (κ1) is 19.7. The Morgan fingerprint density at radius 2 is 2.11 bits per heavy atom. The van der Waals surface area contributed by atoms with Gasteiger partial charge in [-0.25, -0.2) is 5.10 Å². The van der Waals surface area contributed by atoms with Gasteiger partial charge in [-0.15, -0.1) is 0 Å². The SMILES string of the molecule is CC(=O)N(C)CCOc1cccc2c1CN(c1cn[nH]c(=O)c1C(F)(F)F)C2. The smallest absolute Gasteiger partial charge is 0.423 e. The van der Waals surface area contributed by atoms with E-state index in [9.17, 15) is 22.8 Å². The quantitative estimate of drug-likeness (QED) is 0.838. The number of aromatic nitrogens is 2. The molecule has 1 aliphatic heterocycles. The van der Waals surface area contributed by atoms with Gasteiger partial charge in [-0.05, 0) is 11.6 Å². The lowest BCUT2D eigenvalue weighted by Crippen LogP contribution is -2.29. The second-order valence-corrected chi connectivity index (χ2v) is 6.50. The van der Waals surface area contributed by atoms with Crippen LogP contribution in [0.1, 0.15) is 23.6 Å². The molecule has 1 N–H and O–H groups in total. The first-order valence-corrected chi connectivity index (χ1v) is 8.53. The van der Waals surface area contributed by atoms with Gasteiger partial charge in [0.25, 0.3) is 5.56 Å². The molecule has 0 radical (unpaired) electrons. The fraction of sp³-hybridized carbons (Fsp3) is 0.389. The van der Waals surface area contributed by atoms with Gasteiger partial charge in [0, 0.05) is 32.6 Å². The van der Waals surface area contributed by atoms with Crippen LogP contribution < -0.4 is 15.2 Å². The Morgan fingerprint density at radius 1 is 1.36 bits per heavy atom. The van der Waals surface area contributed by atoms with E-state index in [1.807, 2.05) is 5.10 Å². The third kappa shape index (κ3) is 3.95. The van der Waals surface area contributed by atoms with Gasteiger partial charge in [0.05, 0.1) is 18.4 Å². The summed E-state index contributed by atoms with van der Waals surface area (Å²) in [5, 5.41) is 5.37. The molecule has 1 aromatic heterocycles. The van der Waals surface area contributed by atoms with Gasteiger partial charge in [-0.3, -0.25) is 9.59 Å². The molecule has 0 atom stereocenters. The highest BCUT2D eigenvalue weighted by Crippen LogP contribution is 2.38. The fourth-order valence-corrected chi connectivity index (χ4v) is 3.05. The molecule has 0 spiro atoms. The molecule has 1 amide bonds. The van der Waals surface area contributed by atoms with Crippen molar-refractivity contribution in [2.75, 3.05) is 25.1 Å². The van der Waals surface area contributed by atoms with Gasteiger partial charge < -0.3 is 14.5 Å². The van der Waals surface area contributed by atoms with Crippen LogP contribution in [-0.2, 0) is 24.1 Å². The number of anilines is 1.